The van der Waals surface area contributed by atoms with Gasteiger partial charge in [0.25, 0.3) is 5.91 Å². The molecule has 0 atom stereocenters. The van der Waals surface area contributed by atoms with Crippen molar-refractivity contribution in [2.45, 2.75) is 19.9 Å². The number of carboxylic acids is 1. The standard InChI is InChI=1S/C20H16Cl2N2O3S/c1-11(2)24(19(25)13-8-9-16(21)23-18(13)22)14-10-15(28-17(14)20(26)27)12-6-4-3-5-7-12/h3-11H,1-2H3,(H,26,27). The summed E-state index contributed by atoms with van der Waals surface area (Å²) in [6.07, 6.45) is 0. The number of rotatable bonds is 5. The van der Waals surface area contributed by atoms with Crippen LogP contribution in [-0.2, 0) is 0 Å². The predicted molar refractivity (Wildman–Crippen MR) is 113 cm³/mol. The van der Waals surface area contributed by atoms with Crippen LogP contribution in [-0.4, -0.2) is 28.0 Å². The summed E-state index contributed by atoms with van der Waals surface area (Å²) in [4.78, 5) is 31.3. The van der Waals surface area contributed by atoms with E-state index >= 15 is 0 Å². The van der Waals surface area contributed by atoms with Crippen LogP contribution in [0.15, 0.2) is 48.5 Å². The number of halogens is 2. The summed E-state index contributed by atoms with van der Waals surface area (Å²) in [6.45, 7) is 3.61. The van der Waals surface area contributed by atoms with Crippen LogP contribution in [0.25, 0.3) is 10.4 Å². The lowest BCUT2D eigenvalue weighted by atomic mass is 10.1. The quantitative estimate of drug-likeness (QED) is 0.509. The molecule has 0 saturated heterocycles. The van der Waals surface area contributed by atoms with Crippen LogP contribution >= 0.6 is 34.5 Å². The summed E-state index contributed by atoms with van der Waals surface area (Å²) in [5.74, 6) is -1.54. The normalized spacial score (nSPS) is 10.9. The number of carboxylic acid groups (broad SMARTS) is 1. The number of amides is 1. The van der Waals surface area contributed by atoms with Gasteiger partial charge in [0, 0.05) is 10.9 Å². The predicted octanol–water partition coefficient (Wildman–Crippen LogP) is 5.87. The van der Waals surface area contributed by atoms with Gasteiger partial charge in [-0.3, -0.25) is 4.79 Å². The minimum Gasteiger partial charge on any atom is -0.477 e. The zero-order chi connectivity index (χ0) is 20.4. The van der Waals surface area contributed by atoms with E-state index in [1.807, 2.05) is 30.3 Å². The average molecular weight is 435 g/mol. The van der Waals surface area contributed by atoms with Gasteiger partial charge < -0.3 is 10.0 Å². The molecule has 144 valence electrons. The molecule has 3 rings (SSSR count). The first-order valence-electron chi connectivity index (χ1n) is 8.37. The number of nitrogens with zero attached hydrogens (tertiary/aromatic N) is 2. The molecule has 0 saturated carbocycles. The van der Waals surface area contributed by atoms with Gasteiger partial charge in [0.1, 0.15) is 15.2 Å². The molecule has 2 heterocycles. The monoisotopic (exact) mass is 434 g/mol. The van der Waals surface area contributed by atoms with Gasteiger partial charge in [-0.25, -0.2) is 9.78 Å². The molecule has 3 aromatic rings. The second-order valence-electron chi connectivity index (χ2n) is 6.24. The van der Waals surface area contributed by atoms with Crippen molar-refractivity contribution < 1.29 is 14.7 Å². The molecule has 28 heavy (non-hydrogen) atoms. The molecule has 0 bridgehead atoms. The lowest BCUT2D eigenvalue weighted by molar-refractivity contribution is 0.0703. The van der Waals surface area contributed by atoms with Crippen LogP contribution in [0.3, 0.4) is 0 Å². The van der Waals surface area contributed by atoms with Crippen molar-refractivity contribution in [3.63, 3.8) is 0 Å². The summed E-state index contributed by atoms with van der Waals surface area (Å²) in [5.41, 5.74) is 1.36. The van der Waals surface area contributed by atoms with E-state index in [0.717, 1.165) is 21.8 Å². The number of carbonyl (C=O) groups excluding carboxylic acids is 1. The first kappa shape index (κ1) is 20.3. The Kier molecular flexibility index (Phi) is 6.03. The van der Waals surface area contributed by atoms with Crippen LogP contribution in [0.4, 0.5) is 5.69 Å². The van der Waals surface area contributed by atoms with Gasteiger partial charge in [0.05, 0.1) is 11.3 Å². The van der Waals surface area contributed by atoms with Crippen molar-refractivity contribution in [2.75, 3.05) is 4.90 Å². The molecule has 0 radical (unpaired) electrons. The molecule has 1 N–H and O–H groups in total. The Balaban J connectivity index is 2.13. The van der Waals surface area contributed by atoms with Gasteiger partial charge in [-0.1, -0.05) is 53.5 Å². The summed E-state index contributed by atoms with van der Waals surface area (Å²) >= 11 is 13.1. The molecule has 8 heteroatoms. The highest BCUT2D eigenvalue weighted by atomic mass is 35.5. The Morgan fingerprint density at radius 1 is 1.11 bits per heavy atom. The molecule has 0 fully saturated rings. The number of hydrogen-bond acceptors (Lipinski definition) is 4. The van der Waals surface area contributed by atoms with Crippen molar-refractivity contribution in [3.8, 4) is 10.4 Å². The van der Waals surface area contributed by atoms with Gasteiger partial charge in [-0.05, 0) is 37.6 Å². The molecule has 5 nitrogen and oxygen atoms in total. The fourth-order valence-electron chi connectivity index (χ4n) is 2.78. The molecule has 0 unspecified atom stereocenters. The Hall–Kier alpha value is -2.41. The number of benzene rings is 1. The lowest BCUT2D eigenvalue weighted by Gasteiger charge is -2.26. The number of carbonyl (C=O) groups is 2. The van der Waals surface area contributed by atoms with Crippen LogP contribution in [0.2, 0.25) is 10.3 Å². The number of aromatic nitrogens is 1. The second kappa shape index (κ2) is 8.31. The van der Waals surface area contributed by atoms with Crippen molar-refractivity contribution in [3.05, 3.63) is 69.3 Å². The fraction of sp³-hybridized carbons (Fsp3) is 0.150. The molecule has 1 amide bonds. The minimum absolute atomic E-state index is 0.0291. The van der Waals surface area contributed by atoms with E-state index in [0.29, 0.717) is 5.69 Å². The fourth-order valence-corrected chi connectivity index (χ4v) is 4.20. The van der Waals surface area contributed by atoms with Gasteiger partial charge in [-0.15, -0.1) is 11.3 Å². The number of anilines is 1. The van der Waals surface area contributed by atoms with Crippen molar-refractivity contribution in [2.24, 2.45) is 0 Å². The summed E-state index contributed by atoms with van der Waals surface area (Å²) in [6, 6.07) is 13.8. The van der Waals surface area contributed by atoms with E-state index in [4.69, 9.17) is 23.2 Å². The Bertz CT molecular complexity index is 1040. The number of thiophene rings is 1. The van der Waals surface area contributed by atoms with E-state index in [1.165, 1.54) is 17.0 Å². The smallest absolute Gasteiger partial charge is 0.348 e. The first-order valence-corrected chi connectivity index (χ1v) is 9.95. The maximum Gasteiger partial charge on any atom is 0.348 e. The zero-order valence-electron chi connectivity index (χ0n) is 15.0. The molecule has 2 aromatic heterocycles. The number of pyridine rings is 1. The molecule has 0 aliphatic carbocycles. The second-order valence-corrected chi connectivity index (χ2v) is 8.03. The third kappa shape index (κ3) is 4.04. The maximum absolute atomic E-state index is 13.2. The highest BCUT2D eigenvalue weighted by molar-refractivity contribution is 7.18. The highest BCUT2D eigenvalue weighted by Gasteiger charge is 2.29. The van der Waals surface area contributed by atoms with Crippen LogP contribution in [0.1, 0.15) is 33.9 Å². The zero-order valence-corrected chi connectivity index (χ0v) is 17.3. The third-order valence-corrected chi connectivity index (χ3v) is 5.66. The SMILES string of the molecule is CC(C)N(C(=O)c1ccc(Cl)nc1Cl)c1cc(-c2ccccc2)sc1C(=O)O. The average Bonchev–Trinajstić information content (AvgIpc) is 3.07. The molecule has 0 aliphatic rings. The van der Waals surface area contributed by atoms with Crippen LogP contribution in [0, 0.1) is 0 Å². The Morgan fingerprint density at radius 2 is 1.79 bits per heavy atom. The molecular weight excluding hydrogens is 419 g/mol. The lowest BCUT2D eigenvalue weighted by Crippen LogP contribution is -2.37. The number of aromatic carboxylic acids is 1. The van der Waals surface area contributed by atoms with Crippen molar-refractivity contribution in [1.29, 1.82) is 0 Å². The number of hydrogen-bond donors (Lipinski definition) is 1. The summed E-state index contributed by atoms with van der Waals surface area (Å²) in [7, 11) is 0. The van der Waals surface area contributed by atoms with Gasteiger partial charge in [0.2, 0.25) is 0 Å². The summed E-state index contributed by atoms with van der Waals surface area (Å²) in [5, 5.41) is 9.86. The van der Waals surface area contributed by atoms with E-state index in [1.54, 1.807) is 19.9 Å². The van der Waals surface area contributed by atoms with Gasteiger partial charge in [0.15, 0.2) is 0 Å². The van der Waals surface area contributed by atoms with E-state index in [-0.39, 0.29) is 26.8 Å². The largest absolute Gasteiger partial charge is 0.477 e. The summed E-state index contributed by atoms with van der Waals surface area (Å²) < 4.78 is 0. The van der Waals surface area contributed by atoms with E-state index in [9.17, 15) is 14.7 Å². The topological polar surface area (TPSA) is 70.5 Å². The highest BCUT2D eigenvalue weighted by Crippen LogP contribution is 2.38. The van der Waals surface area contributed by atoms with Gasteiger partial charge >= 0.3 is 5.97 Å². The first-order chi connectivity index (χ1) is 13.3. The van der Waals surface area contributed by atoms with Crippen LogP contribution < -0.4 is 4.90 Å². The molecule has 0 aliphatic heterocycles. The minimum atomic E-state index is -1.10. The van der Waals surface area contributed by atoms with Crippen molar-refractivity contribution >= 4 is 52.1 Å². The van der Waals surface area contributed by atoms with Crippen molar-refractivity contribution in [1.82, 2.24) is 4.98 Å². The molecule has 1 aromatic carbocycles. The van der Waals surface area contributed by atoms with E-state index < -0.39 is 11.9 Å². The Morgan fingerprint density at radius 3 is 2.36 bits per heavy atom. The molecular formula is C20H16Cl2N2O3S. The van der Waals surface area contributed by atoms with Gasteiger partial charge in [-0.2, -0.15) is 0 Å². The molecule has 0 spiro atoms. The third-order valence-electron chi connectivity index (χ3n) is 4.00. The maximum atomic E-state index is 13.2. The van der Waals surface area contributed by atoms with Crippen LogP contribution in [0.5, 0.6) is 0 Å². The Labute approximate surface area is 176 Å². The van der Waals surface area contributed by atoms with E-state index in [2.05, 4.69) is 4.98 Å².